The van der Waals surface area contributed by atoms with Crippen molar-refractivity contribution < 1.29 is 5.11 Å². The Morgan fingerprint density at radius 1 is 1.45 bits per heavy atom. The molecule has 0 aromatic carbocycles. The Kier molecular flexibility index (Phi) is 2.26. The molecular formula is C9H19NO. The fourth-order valence-electron chi connectivity index (χ4n) is 1.59. The number of hydrogen-bond donors (Lipinski definition) is 2. The minimum absolute atomic E-state index is 0.0737. The van der Waals surface area contributed by atoms with Gasteiger partial charge in [0.25, 0.3) is 0 Å². The van der Waals surface area contributed by atoms with Crippen LogP contribution >= 0.6 is 0 Å². The molecule has 0 bridgehead atoms. The molecule has 1 rings (SSSR count). The molecule has 66 valence electrons. The summed E-state index contributed by atoms with van der Waals surface area (Å²) in [7, 11) is 0. The van der Waals surface area contributed by atoms with Gasteiger partial charge in [0, 0.05) is 17.5 Å². The molecule has 2 heteroatoms. The summed E-state index contributed by atoms with van der Waals surface area (Å²) in [6.45, 7) is 8.50. The number of aliphatic hydroxyl groups is 1. The smallest absolute Gasteiger partial charge is 0.0621 e. The van der Waals surface area contributed by atoms with Gasteiger partial charge in [0.15, 0.2) is 0 Å². The summed E-state index contributed by atoms with van der Waals surface area (Å²) in [5.74, 6) is 0. The molecule has 1 aliphatic carbocycles. The van der Waals surface area contributed by atoms with E-state index < -0.39 is 0 Å². The highest BCUT2D eigenvalue weighted by molar-refractivity contribution is 5.01. The summed E-state index contributed by atoms with van der Waals surface area (Å²) in [6.07, 6.45) is 0.796. The molecule has 2 nitrogen and oxygen atoms in total. The Morgan fingerprint density at radius 2 is 2.00 bits per heavy atom. The molecule has 2 N–H and O–H groups in total. The monoisotopic (exact) mass is 157 g/mol. The maximum atomic E-state index is 9.42. The highest BCUT2D eigenvalue weighted by atomic mass is 16.3. The van der Waals surface area contributed by atoms with Crippen LogP contribution in [0.4, 0.5) is 0 Å². The lowest BCUT2D eigenvalue weighted by Gasteiger charge is -2.50. The SMILES string of the molecule is CC(C)N[C@H]1C[C@@H](O)C1(C)C. The zero-order chi connectivity index (χ0) is 8.65. The Labute approximate surface area is 69.0 Å². The predicted molar refractivity (Wildman–Crippen MR) is 46.5 cm³/mol. The second-order valence-corrected chi connectivity index (χ2v) is 4.45. The van der Waals surface area contributed by atoms with Gasteiger partial charge in [-0.1, -0.05) is 27.7 Å². The first-order valence-electron chi connectivity index (χ1n) is 4.38. The molecule has 0 amide bonds. The first-order valence-corrected chi connectivity index (χ1v) is 4.38. The third kappa shape index (κ3) is 1.57. The molecular weight excluding hydrogens is 138 g/mol. The van der Waals surface area contributed by atoms with Crippen molar-refractivity contribution in [2.45, 2.75) is 52.3 Å². The molecule has 0 radical (unpaired) electrons. The maximum absolute atomic E-state index is 9.42. The molecule has 0 unspecified atom stereocenters. The van der Waals surface area contributed by atoms with Crippen molar-refractivity contribution in [2.24, 2.45) is 5.41 Å². The van der Waals surface area contributed by atoms with Gasteiger partial charge in [0.05, 0.1) is 6.10 Å². The summed E-state index contributed by atoms with van der Waals surface area (Å²) in [4.78, 5) is 0. The molecule has 0 heterocycles. The van der Waals surface area contributed by atoms with Crippen molar-refractivity contribution in [3.05, 3.63) is 0 Å². The van der Waals surface area contributed by atoms with Gasteiger partial charge in [-0.2, -0.15) is 0 Å². The average molecular weight is 157 g/mol. The van der Waals surface area contributed by atoms with Gasteiger partial charge >= 0.3 is 0 Å². The summed E-state index contributed by atoms with van der Waals surface area (Å²) in [6, 6.07) is 1.02. The summed E-state index contributed by atoms with van der Waals surface area (Å²) >= 11 is 0. The van der Waals surface area contributed by atoms with Gasteiger partial charge in [-0.15, -0.1) is 0 Å². The van der Waals surface area contributed by atoms with E-state index in [-0.39, 0.29) is 11.5 Å². The molecule has 0 spiro atoms. The fourth-order valence-corrected chi connectivity index (χ4v) is 1.59. The number of rotatable bonds is 2. The Morgan fingerprint density at radius 3 is 2.27 bits per heavy atom. The third-order valence-electron chi connectivity index (χ3n) is 2.75. The van der Waals surface area contributed by atoms with E-state index in [1.807, 2.05) is 0 Å². The molecule has 0 aliphatic heterocycles. The molecule has 11 heavy (non-hydrogen) atoms. The van der Waals surface area contributed by atoms with E-state index in [4.69, 9.17) is 0 Å². The predicted octanol–water partition coefficient (Wildman–Crippen LogP) is 1.14. The zero-order valence-corrected chi connectivity index (χ0v) is 7.89. The topological polar surface area (TPSA) is 32.3 Å². The lowest BCUT2D eigenvalue weighted by Crippen LogP contribution is -2.61. The van der Waals surface area contributed by atoms with E-state index >= 15 is 0 Å². The second kappa shape index (κ2) is 2.76. The van der Waals surface area contributed by atoms with Crippen LogP contribution in [0.3, 0.4) is 0 Å². The minimum Gasteiger partial charge on any atom is -0.392 e. The Bertz CT molecular complexity index is 142. The van der Waals surface area contributed by atoms with Crippen LogP contribution in [0.5, 0.6) is 0 Å². The molecule has 1 fully saturated rings. The van der Waals surface area contributed by atoms with Crippen molar-refractivity contribution in [1.29, 1.82) is 0 Å². The van der Waals surface area contributed by atoms with Crippen LogP contribution < -0.4 is 5.32 Å². The van der Waals surface area contributed by atoms with Crippen molar-refractivity contribution in [3.8, 4) is 0 Å². The molecule has 2 atom stereocenters. The van der Waals surface area contributed by atoms with E-state index in [9.17, 15) is 5.11 Å². The fraction of sp³-hybridized carbons (Fsp3) is 1.00. The Hall–Kier alpha value is -0.0800. The van der Waals surface area contributed by atoms with Crippen LogP contribution in [0.2, 0.25) is 0 Å². The van der Waals surface area contributed by atoms with Gasteiger partial charge in [0.2, 0.25) is 0 Å². The van der Waals surface area contributed by atoms with Crippen LogP contribution in [0.15, 0.2) is 0 Å². The van der Waals surface area contributed by atoms with Gasteiger partial charge < -0.3 is 10.4 Å². The zero-order valence-electron chi connectivity index (χ0n) is 7.89. The number of aliphatic hydroxyl groups excluding tert-OH is 1. The first-order chi connectivity index (χ1) is 4.94. The van der Waals surface area contributed by atoms with Crippen LogP contribution in [0.25, 0.3) is 0 Å². The highest BCUT2D eigenvalue weighted by Crippen LogP contribution is 2.40. The van der Waals surface area contributed by atoms with Crippen LogP contribution in [0.1, 0.15) is 34.1 Å². The standard InChI is InChI=1S/C9H19NO/c1-6(2)10-7-5-8(11)9(7,3)4/h6-8,10-11H,5H2,1-4H3/t7-,8+/m0/s1. The van der Waals surface area contributed by atoms with Crippen LogP contribution in [-0.4, -0.2) is 23.3 Å². The third-order valence-corrected chi connectivity index (χ3v) is 2.75. The summed E-state index contributed by atoms with van der Waals surface area (Å²) < 4.78 is 0. The van der Waals surface area contributed by atoms with Crippen molar-refractivity contribution in [3.63, 3.8) is 0 Å². The molecule has 0 aromatic rings. The lowest BCUT2D eigenvalue weighted by atomic mass is 9.64. The van der Waals surface area contributed by atoms with Crippen molar-refractivity contribution >= 4 is 0 Å². The van der Waals surface area contributed by atoms with Crippen LogP contribution in [0, 0.1) is 5.41 Å². The van der Waals surface area contributed by atoms with E-state index in [0.717, 1.165) is 6.42 Å². The molecule has 1 aliphatic rings. The highest BCUT2D eigenvalue weighted by Gasteiger charge is 2.46. The van der Waals surface area contributed by atoms with E-state index in [0.29, 0.717) is 12.1 Å². The normalized spacial score (nSPS) is 35.5. The van der Waals surface area contributed by atoms with Gasteiger partial charge in [-0.05, 0) is 6.42 Å². The quantitative estimate of drug-likeness (QED) is 0.630. The summed E-state index contributed by atoms with van der Waals surface area (Å²) in [5, 5.41) is 12.9. The first kappa shape index (κ1) is 9.01. The largest absolute Gasteiger partial charge is 0.392 e. The molecule has 0 saturated heterocycles. The average Bonchev–Trinajstić information content (AvgIpc) is 1.87. The number of nitrogens with one attached hydrogen (secondary N) is 1. The lowest BCUT2D eigenvalue weighted by molar-refractivity contribution is -0.0747. The Balaban J connectivity index is 2.40. The molecule has 1 saturated carbocycles. The van der Waals surface area contributed by atoms with Crippen molar-refractivity contribution in [1.82, 2.24) is 5.32 Å². The van der Waals surface area contributed by atoms with E-state index in [1.54, 1.807) is 0 Å². The van der Waals surface area contributed by atoms with Gasteiger partial charge in [0.1, 0.15) is 0 Å². The van der Waals surface area contributed by atoms with E-state index in [1.165, 1.54) is 0 Å². The van der Waals surface area contributed by atoms with Gasteiger partial charge in [-0.25, -0.2) is 0 Å². The van der Waals surface area contributed by atoms with Crippen molar-refractivity contribution in [2.75, 3.05) is 0 Å². The van der Waals surface area contributed by atoms with Crippen LogP contribution in [-0.2, 0) is 0 Å². The summed E-state index contributed by atoms with van der Waals surface area (Å²) in [5.41, 5.74) is 0.0737. The molecule has 0 aromatic heterocycles. The minimum atomic E-state index is -0.112. The van der Waals surface area contributed by atoms with Gasteiger partial charge in [-0.3, -0.25) is 0 Å². The second-order valence-electron chi connectivity index (χ2n) is 4.45. The number of hydrogen-bond acceptors (Lipinski definition) is 2. The van der Waals surface area contributed by atoms with E-state index in [2.05, 4.69) is 33.0 Å². The maximum Gasteiger partial charge on any atom is 0.0621 e.